The predicted molar refractivity (Wildman–Crippen MR) is 179 cm³/mol. The van der Waals surface area contributed by atoms with Crippen molar-refractivity contribution in [2.24, 2.45) is 10.9 Å². The summed E-state index contributed by atoms with van der Waals surface area (Å²) in [5, 5.41) is 4.34. The van der Waals surface area contributed by atoms with Crippen molar-refractivity contribution in [3.05, 3.63) is 90.1 Å². The first-order valence-electron chi connectivity index (χ1n) is 14.7. The Morgan fingerprint density at radius 2 is 1.70 bits per heavy atom. The van der Waals surface area contributed by atoms with Gasteiger partial charge in [-0.3, -0.25) is 14.5 Å². The molecule has 46 heavy (non-hydrogen) atoms. The largest absolute Gasteiger partial charge is 0.573 e. The molecule has 1 heterocycles. The van der Waals surface area contributed by atoms with Crippen LogP contribution in [0, 0.1) is 12.8 Å². The summed E-state index contributed by atoms with van der Waals surface area (Å²) in [7, 11) is -1.16. The molecule has 7 nitrogen and oxygen atoms in total. The fraction of sp³-hybridized carbons (Fsp3) is 0.441. The molecule has 3 rings (SSSR count). The molecule has 0 amide bonds. The van der Waals surface area contributed by atoms with Crippen LogP contribution in [0.25, 0.3) is 5.57 Å². The molecule has 0 radical (unpaired) electrons. The van der Waals surface area contributed by atoms with Crippen molar-refractivity contribution >= 4 is 26.9 Å². The van der Waals surface area contributed by atoms with Crippen molar-refractivity contribution in [2.75, 3.05) is 19.1 Å². The monoisotopic (exact) mass is 669 g/mol. The van der Waals surface area contributed by atoms with Crippen molar-refractivity contribution in [3.8, 4) is 5.75 Å². The molecule has 1 aliphatic rings. The van der Waals surface area contributed by atoms with Gasteiger partial charge in [0.25, 0.3) is 0 Å². The van der Waals surface area contributed by atoms with Gasteiger partial charge in [0.2, 0.25) is 0 Å². The standard InChI is InChI=1S/C20H29N3O2S.C8H7F3O.C4H5FO.C2H6/c1-6-8-18(17-13-22-23(14-17)11-12-26(5,24)25)19(15(2)3)20(21-4)16-9-7-10-16;1-6-2-4-7(5-3-6)12-8(9,10)11;1-3(5)4(2)6;1-2/h6,8,13-14,16H,1,7,9-12H2,2-5H3;2-5H,1H3;1H2,2H3;1-2H3/b18-8-,21-20?;;;. The molecule has 1 saturated carbocycles. The lowest BCUT2D eigenvalue weighted by atomic mass is 9.76. The van der Waals surface area contributed by atoms with Gasteiger partial charge in [-0.2, -0.15) is 5.10 Å². The molecule has 1 aliphatic carbocycles. The maximum atomic E-state index is 11.6. The van der Waals surface area contributed by atoms with Crippen LogP contribution in [0.4, 0.5) is 17.6 Å². The third-order valence-electron chi connectivity index (χ3n) is 6.31. The van der Waals surface area contributed by atoms with Crippen molar-refractivity contribution in [3.63, 3.8) is 0 Å². The minimum atomic E-state index is -4.60. The summed E-state index contributed by atoms with van der Waals surface area (Å²) >= 11 is 0. The molecule has 2 aromatic rings. The van der Waals surface area contributed by atoms with Crippen molar-refractivity contribution in [1.29, 1.82) is 0 Å². The zero-order chi connectivity index (χ0) is 35.7. The number of carbonyl (C=O) groups excluding carboxylic acids is 1. The van der Waals surface area contributed by atoms with E-state index in [9.17, 15) is 30.8 Å². The third kappa shape index (κ3) is 16.5. The molecular weight excluding hydrogens is 622 g/mol. The lowest BCUT2D eigenvalue weighted by molar-refractivity contribution is -0.274. The fourth-order valence-corrected chi connectivity index (χ4v) is 4.43. The number of alkyl halides is 3. The highest BCUT2D eigenvalue weighted by Gasteiger charge is 2.31. The van der Waals surface area contributed by atoms with E-state index in [4.69, 9.17) is 0 Å². The number of ketones is 1. The van der Waals surface area contributed by atoms with Crippen LogP contribution in [0.2, 0.25) is 0 Å². The van der Waals surface area contributed by atoms with Gasteiger partial charge in [-0.05, 0) is 51.3 Å². The summed E-state index contributed by atoms with van der Waals surface area (Å²) in [4.78, 5) is 14.3. The van der Waals surface area contributed by atoms with Crippen LogP contribution < -0.4 is 4.74 Å². The maximum Gasteiger partial charge on any atom is 0.573 e. The molecule has 12 heteroatoms. The minimum absolute atomic E-state index is 0.0773. The Labute approximate surface area is 271 Å². The number of aryl methyl sites for hydroxylation is 2. The van der Waals surface area contributed by atoms with E-state index in [1.165, 1.54) is 43.2 Å². The number of ether oxygens (including phenoxy) is 1. The number of hydrogen-bond donors (Lipinski definition) is 0. The number of halogens is 4. The number of aromatic nitrogens is 2. The molecule has 1 aromatic heterocycles. The Morgan fingerprint density at radius 1 is 1.15 bits per heavy atom. The third-order valence-corrected chi connectivity index (χ3v) is 7.24. The summed E-state index contributed by atoms with van der Waals surface area (Å²) in [5.41, 5.74) is 6.39. The molecular formula is C34H47F4N3O4S. The van der Waals surface area contributed by atoms with Crippen LogP contribution >= 0.6 is 0 Å². The van der Waals surface area contributed by atoms with Crippen LogP contribution in [0.1, 0.15) is 65.0 Å². The van der Waals surface area contributed by atoms with Gasteiger partial charge in [0.1, 0.15) is 15.6 Å². The number of rotatable bonds is 10. The lowest BCUT2D eigenvalue weighted by Crippen LogP contribution is -2.25. The predicted octanol–water partition coefficient (Wildman–Crippen LogP) is 8.68. The Morgan fingerprint density at radius 3 is 2.07 bits per heavy atom. The second-order valence-corrected chi connectivity index (χ2v) is 12.6. The summed E-state index contributed by atoms with van der Waals surface area (Å²) in [6.45, 7) is 18.1. The van der Waals surface area contributed by atoms with Gasteiger partial charge in [0.15, 0.2) is 11.6 Å². The number of Topliss-reactive ketones (excluding diaryl/α,β-unsaturated/α-hetero) is 1. The second-order valence-electron chi connectivity index (χ2n) is 10.4. The van der Waals surface area contributed by atoms with Crippen LogP contribution in [0.15, 0.2) is 83.9 Å². The van der Waals surface area contributed by atoms with E-state index < -0.39 is 27.8 Å². The Kier molecular flexibility index (Phi) is 18.7. The van der Waals surface area contributed by atoms with Gasteiger partial charge in [-0.1, -0.05) is 68.8 Å². The van der Waals surface area contributed by atoms with Gasteiger partial charge in [0.05, 0.1) is 18.5 Å². The van der Waals surface area contributed by atoms with Crippen molar-refractivity contribution in [1.82, 2.24) is 9.78 Å². The Balaban J connectivity index is 0.000000833. The smallest absolute Gasteiger partial charge is 0.406 e. The molecule has 0 aliphatic heterocycles. The highest BCUT2D eigenvalue weighted by Crippen LogP contribution is 2.36. The molecule has 0 atom stereocenters. The van der Waals surface area contributed by atoms with Gasteiger partial charge >= 0.3 is 6.36 Å². The van der Waals surface area contributed by atoms with E-state index in [2.05, 4.69) is 41.8 Å². The summed E-state index contributed by atoms with van der Waals surface area (Å²) in [6, 6.07) is 5.67. The van der Waals surface area contributed by atoms with Crippen LogP contribution in [0.5, 0.6) is 5.75 Å². The quantitative estimate of drug-likeness (QED) is 0.109. The highest BCUT2D eigenvalue weighted by molar-refractivity contribution is 7.90. The molecule has 256 valence electrons. The molecule has 0 spiro atoms. The van der Waals surface area contributed by atoms with Gasteiger partial charge in [-0.15, -0.1) is 13.2 Å². The van der Waals surface area contributed by atoms with Gasteiger partial charge in [-0.25, -0.2) is 12.8 Å². The summed E-state index contributed by atoms with van der Waals surface area (Å²) in [6.07, 6.45) is 7.70. The van der Waals surface area contributed by atoms with E-state index >= 15 is 0 Å². The average Bonchev–Trinajstić information content (AvgIpc) is 3.41. The Hall–Kier alpha value is -3.80. The minimum Gasteiger partial charge on any atom is -0.406 e. The maximum absolute atomic E-state index is 11.6. The number of hydrogen-bond acceptors (Lipinski definition) is 6. The van der Waals surface area contributed by atoms with E-state index in [1.807, 2.05) is 33.2 Å². The number of carbonyl (C=O) groups is 1. The van der Waals surface area contributed by atoms with E-state index in [1.54, 1.807) is 36.0 Å². The topological polar surface area (TPSA) is 90.6 Å². The Bertz CT molecular complexity index is 1470. The fourth-order valence-electron chi connectivity index (χ4n) is 3.91. The molecule has 0 N–H and O–H groups in total. The van der Waals surface area contributed by atoms with Gasteiger partial charge in [0, 0.05) is 49.2 Å². The number of allylic oxidation sites excluding steroid dienone is 6. The zero-order valence-electron chi connectivity index (χ0n) is 28.0. The van der Waals surface area contributed by atoms with E-state index in [-0.39, 0.29) is 11.5 Å². The number of aliphatic imine (C=N–C) groups is 1. The van der Waals surface area contributed by atoms with Crippen molar-refractivity contribution < 1.29 is 35.5 Å². The first kappa shape index (κ1) is 42.2. The number of nitrogens with zero attached hydrogens (tertiary/aromatic N) is 3. The zero-order valence-corrected chi connectivity index (χ0v) is 28.9. The van der Waals surface area contributed by atoms with Crippen LogP contribution in [-0.4, -0.2) is 55.1 Å². The SMILES string of the molecule is C=C(F)C(C)=O.C=C/C=C(\C(C(=NC)C1CCC1)=C(C)C)c1cnn(CCS(C)(=O)=O)c1.CC.Cc1ccc(OC(F)(F)F)cc1. The first-order chi connectivity index (χ1) is 21.4. The first-order valence-corrected chi connectivity index (χ1v) is 16.8. The summed E-state index contributed by atoms with van der Waals surface area (Å²) < 4.78 is 74.3. The van der Waals surface area contributed by atoms with Crippen molar-refractivity contribution in [2.45, 2.75) is 73.7 Å². The lowest BCUT2D eigenvalue weighted by Gasteiger charge is -2.30. The molecule has 0 unspecified atom stereocenters. The second kappa shape index (κ2) is 20.3. The average molecular weight is 670 g/mol. The highest BCUT2D eigenvalue weighted by atomic mass is 32.2. The molecule has 0 bridgehead atoms. The van der Waals surface area contributed by atoms with E-state index in [0.29, 0.717) is 12.5 Å². The molecule has 1 fully saturated rings. The van der Waals surface area contributed by atoms with Gasteiger partial charge < -0.3 is 4.74 Å². The van der Waals surface area contributed by atoms with Crippen LogP contribution in [0.3, 0.4) is 0 Å². The molecule has 1 aromatic carbocycles. The van der Waals surface area contributed by atoms with E-state index in [0.717, 1.165) is 34.9 Å². The van der Waals surface area contributed by atoms with Crippen LogP contribution in [-0.2, 0) is 21.2 Å². The summed E-state index contributed by atoms with van der Waals surface area (Å²) in [5.74, 6) is -1.08. The number of benzene rings is 1. The molecule has 0 saturated heterocycles. The number of sulfone groups is 1. The normalized spacial score (nSPS) is 13.3.